The monoisotopic (exact) mass is 305 g/mol. The van der Waals surface area contributed by atoms with E-state index in [-0.39, 0.29) is 6.54 Å². The number of rotatable bonds is 5. The van der Waals surface area contributed by atoms with Crippen LogP contribution in [-0.2, 0) is 9.59 Å². The molecule has 0 aromatic carbocycles. The average Bonchev–Trinajstić information content (AvgIpc) is 3.02. The summed E-state index contributed by atoms with van der Waals surface area (Å²) in [6.07, 6.45) is 2.73. The summed E-state index contributed by atoms with van der Waals surface area (Å²) in [5.41, 5.74) is 1.27. The van der Waals surface area contributed by atoms with Crippen LogP contribution in [0.25, 0.3) is 0 Å². The fourth-order valence-corrected chi connectivity index (χ4v) is 2.37. The van der Waals surface area contributed by atoms with Crippen LogP contribution in [0.1, 0.15) is 18.1 Å². The van der Waals surface area contributed by atoms with E-state index in [0.29, 0.717) is 12.1 Å². The highest BCUT2D eigenvalue weighted by atomic mass is 32.1. The summed E-state index contributed by atoms with van der Waals surface area (Å²) < 4.78 is 0. The fourth-order valence-electron chi connectivity index (χ4n) is 1.66. The number of aliphatic hydroxyl groups is 1. The number of thiophene rings is 1. The van der Waals surface area contributed by atoms with Gasteiger partial charge in [0.2, 0.25) is 0 Å². The maximum absolute atomic E-state index is 11.6. The van der Waals surface area contributed by atoms with Crippen LogP contribution in [-0.4, -0.2) is 28.4 Å². The molecule has 0 spiro atoms. The van der Waals surface area contributed by atoms with E-state index in [1.165, 1.54) is 17.5 Å². The van der Waals surface area contributed by atoms with E-state index in [1.807, 2.05) is 16.8 Å². The number of pyridine rings is 1. The van der Waals surface area contributed by atoms with Gasteiger partial charge >= 0.3 is 11.8 Å². The zero-order valence-electron chi connectivity index (χ0n) is 11.2. The van der Waals surface area contributed by atoms with Crippen molar-refractivity contribution in [1.29, 1.82) is 0 Å². The maximum atomic E-state index is 11.6. The van der Waals surface area contributed by atoms with E-state index in [0.717, 1.165) is 5.56 Å². The minimum atomic E-state index is -0.756. The SMILES string of the molecule is O=C(NCCC(O)c1ccsc1)C(=O)Nc1cccnc1. The van der Waals surface area contributed by atoms with Crippen LogP contribution in [0, 0.1) is 0 Å². The van der Waals surface area contributed by atoms with Crippen molar-refractivity contribution in [3.8, 4) is 0 Å². The molecule has 0 bridgehead atoms. The van der Waals surface area contributed by atoms with Gasteiger partial charge in [0.1, 0.15) is 0 Å². The number of nitrogens with zero attached hydrogens (tertiary/aromatic N) is 1. The molecule has 0 fully saturated rings. The highest BCUT2D eigenvalue weighted by Gasteiger charge is 2.14. The van der Waals surface area contributed by atoms with E-state index < -0.39 is 17.9 Å². The number of anilines is 1. The Labute approximate surface area is 125 Å². The third kappa shape index (κ3) is 4.66. The summed E-state index contributed by atoms with van der Waals surface area (Å²) in [5, 5.41) is 18.5. The maximum Gasteiger partial charge on any atom is 0.313 e. The van der Waals surface area contributed by atoms with Crippen molar-refractivity contribution in [1.82, 2.24) is 10.3 Å². The lowest BCUT2D eigenvalue weighted by Crippen LogP contribution is -2.36. The van der Waals surface area contributed by atoms with E-state index in [1.54, 1.807) is 18.3 Å². The Bertz CT molecular complexity index is 587. The summed E-state index contributed by atoms with van der Waals surface area (Å²) >= 11 is 1.50. The lowest BCUT2D eigenvalue weighted by atomic mass is 10.1. The van der Waals surface area contributed by atoms with Crippen LogP contribution in [0.4, 0.5) is 5.69 Å². The second-order valence-corrected chi connectivity index (χ2v) is 5.09. The van der Waals surface area contributed by atoms with Crippen molar-refractivity contribution < 1.29 is 14.7 Å². The van der Waals surface area contributed by atoms with Crippen LogP contribution in [0.2, 0.25) is 0 Å². The molecule has 21 heavy (non-hydrogen) atoms. The molecular formula is C14H15N3O3S. The number of amides is 2. The van der Waals surface area contributed by atoms with Crippen molar-refractivity contribution in [2.24, 2.45) is 0 Å². The fraction of sp³-hybridized carbons (Fsp3) is 0.214. The van der Waals surface area contributed by atoms with Gasteiger partial charge in [-0.15, -0.1) is 0 Å². The van der Waals surface area contributed by atoms with Gasteiger partial charge in [-0.25, -0.2) is 0 Å². The Morgan fingerprint density at radius 2 is 2.19 bits per heavy atom. The Hall–Kier alpha value is -2.25. The lowest BCUT2D eigenvalue weighted by Gasteiger charge is -2.10. The molecule has 2 aromatic heterocycles. The van der Waals surface area contributed by atoms with Gasteiger partial charge in [0.05, 0.1) is 18.0 Å². The summed E-state index contributed by atoms with van der Waals surface area (Å²) in [6, 6.07) is 5.12. The minimum absolute atomic E-state index is 0.219. The molecule has 3 N–H and O–H groups in total. The van der Waals surface area contributed by atoms with Gasteiger partial charge in [0, 0.05) is 12.7 Å². The highest BCUT2D eigenvalue weighted by molar-refractivity contribution is 7.07. The number of aromatic nitrogens is 1. The third-order valence-corrected chi connectivity index (χ3v) is 3.46. The van der Waals surface area contributed by atoms with Gasteiger partial charge < -0.3 is 15.7 Å². The van der Waals surface area contributed by atoms with Crippen molar-refractivity contribution in [3.05, 3.63) is 46.9 Å². The van der Waals surface area contributed by atoms with Crippen LogP contribution < -0.4 is 10.6 Å². The predicted molar refractivity (Wildman–Crippen MR) is 79.8 cm³/mol. The second-order valence-electron chi connectivity index (χ2n) is 4.31. The molecule has 0 saturated carbocycles. The first kappa shape index (κ1) is 15.1. The third-order valence-electron chi connectivity index (χ3n) is 2.76. The number of hydrogen-bond acceptors (Lipinski definition) is 5. The minimum Gasteiger partial charge on any atom is -0.388 e. The normalized spacial score (nSPS) is 11.7. The van der Waals surface area contributed by atoms with E-state index in [9.17, 15) is 14.7 Å². The Morgan fingerprint density at radius 3 is 2.86 bits per heavy atom. The molecule has 7 heteroatoms. The molecule has 2 rings (SSSR count). The predicted octanol–water partition coefficient (Wildman–Crippen LogP) is 1.32. The Kier molecular flexibility index (Phi) is 5.42. The van der Waals surface area contributed by atoms with Crippen LogP contribution >= 0.6 is 11.3 Å². The zero-order valence-corrected chi connectivity index (χ0v) is 12.0. The molecule has 110 valence electrons. The van der Waals surface area contributed by atoms with E-state index in [2.05, 4.69) is 15.6 Å². The molecule has 2 amide bonds. The quantitative estimate of drug-likeness (QED) is 0.727. The first-order chi connectivity index (χ1) is 10.2. The van der Waals surface area contributed by atoms with Gasteiger partial charge in [-0.2, -0.15) is 11.3 Å². The molecule has 0 aliphatic heterocycles. The summed E-state index contributed by atoms with van der Waals surface area (Å²) in [5.74, 6) is -1.50. The van der Waals surface area contributed by atoms with Gasteiger partial charge in [-0.1, -0.05) is 0 Å². The number of carbonyl (C=O) groups is 2. The van der Waals surface area contributed by atoms with Crippen LogP contribution in [0.15, 0.2) is 41.4 Å². The Morgan fingerprint density at radius 1 is 1.33 bits per heavy atom. The van der Waals surface area contributed by atoms with Gasteiger partial charge in [0.25, 0.3) is 0 Å². The Balaban J connectivity index is 1.73. The second kappa shape index (κ2) is 7.51. The molecule has 1 unspecified atom stereocenters. The summed E-state index contributed by atoms with van der Waals surface area (Å²) in [6.45, 7) is 0.219. The lowest BCUT2D eigenvalue weighted by molar-refractivity contribution is -0.136. The molecule has 0 saturated heterocycles. The zero-order chi connectivity index (χ0) is 15.1. The molecule has 0 aliphatic rings. The molecule has 2 heterocycles. The van der Waals surface area contributed by atoms with Gasteiger partial charge in [-0.05, 0) is 40.9 Å². The van der Waals surface area contributed by atoms with Crippen LogP contribution in [0.3, 0.4) is 0 Å². The number of hydrogen-bond donors (Lipinski definition) is 3. The van der Waals surface area contributed by atoms with Crippen LogP contribution in [0.5, 0.6) is 0 Å². The van der Waals surface area contributed by atoms with Crippen molar-refractivity contribution in [2.75, 3.05) is 11.9 Å². The topological polar surface area (TPSA) is 91.3 Å². The number of carbonyl (C=O) groups excluding carboxylic acids is 2. The van der Waals surface area contributed by atoms with Crippen molar-refractivity contribution in [3.63, 3.8) is 0 Å². The van der Waals surface area contributed by atoms with E-state index >= 15 is 0 Å². The smallest absolute Gasteiger partial charge is 0.313 e. The molecular weight excluding hydrogens is 290 g/mol. The first-order valence-electron chi connectivity index (χ1n) is 6.36. The molecule has 0 aliphatic carbocycles. The highest BCUT2D eigenvalue weighted by Crippen LogP contribution is 2.18. The largest absolute Gasteiger partial charge is 0.388 e. The average molecular weight is 305 g/mol. The number of aliphatic hydroxyl groups excluding tert-OH is 1. The van der Waals surface area contributed by atoms with Crippen molar-refractivity contribution in [2.45, 2.75) is 12.5 Å². The molecule has 2 aromatic rings. The van der Waals surface area contributed by atoms with Crippen molar-refractivity contribution >= 4 is 28.8 Å². The summed E-state index contributed by atoms with van der Waals surface area (Å²) in [7, 11) is 0. The van der Waals surface area contributed by atoms with Gasteiger partial charge in [0.15, 0.2) is 0 Å². The summed E-state index contributed by atoms with van der Waals surface area (Å²) in [4.78, 5) is 27.0. The standard InChI is InChI=1S/C14H15N3O3S/c18-12(10-4-7-21-9-10)3-6-16-13(19)14(20)17-11-2-1-5-15-8-11/h1-2,4-5,7-9,12,18H,3,6H2,(H,16,19)(H,17,20). The molecule has 1 atom stereocenters. The molecule has 6 nitrogen and oxygen atoms in total. The number of nitrogens with one attached hydrogen (secondary N) is 2. The molecule has 0 radical (unpaired) electrons. The van der Waals surface area contributed by atoms with E-state index in [4.69, 9.17) is 0 Å². The first-order valence-corrected chi connectivity index (χ1v) is 7.30. The van der Waals surface area contributed by atoms with Gasteiger partial charge in [-0.3, -0.25) is 14.6 Å².